The molecule has 0 spiro atoms. The van der Waals surface area contributed by atoms with Gasteiger partial charge in [-0.2, -0.15) is 0 Å². The number of hydrogen-bond acceptors (Lipinski definition) is 4. The quantitative estimate of drug-likeness (QED) is 0.451. The van der Waals surface area contributed by atoms with E-state index in [-0.39, 0.29) is 24.5 Å². The number of nitrogens with one attached hydrogen (secondary N) is 1. The van der Waals surface area contributed by atoms with Gasteiger partial charge in [-0.1, -0.05) is 42.5 Å². The number of amides is 1. The Morgan fingerprint density at radius 3 is 2.76 bits per heavy atom. The average molecular weight is 438 g/mol. The summed E-state index contributed by atoms with van der Waals surface area (Å²) >= 11 is 0. The van der Waals surface area contributed by atoms with E-state index in [2.05, 4.69) is 17.1 Å². The minimum atomic E-state index is -0.294. The van der Waals surface area contributed by atoms with E-state index in [4.69, 9.17) is 9.47 Å². The number of benzene rings is 3. The van der Waals surface area contributed by atoms with Crippen molar-refractivity contribution in [3.8, 4) is 17.2 Å². The van der Waals surface area contributed by atoms with Crippen molar-refractivity contribution in [2.75, 3.05) is 13.3 Å². The molecule has 0 aliphatic carbocycles. The first-order chi connectivity index (χ1) is 16.2. The molecule has 2 aliphatic rings. The fraction of sp³-hybridized carbons (Fsp3) is 0.148. The highest BCUT2D eigenvalue weighted by atomic mass is 16.7. The van der Waals surface area contributed by atoms with Gasteiger partial charge in [0.25, 0.3) is 0 Å². The molecular weight excluding hydrogens is 416 g/mol. The SMILES string of the molecule is O=C(C=Cc1ccccc1O)N1CCc2c([nH]c3ccccc23)C1c1ccc2c(c1)OCO2. The van der Waals surface area contributed by atoms with Crippen LogP contribution in [0.2, 0.25) is 0 Å². The predicted octanol–water partition coefficient (Wildman–Crippen LogP) is 4.79. The molecule has 0 saturated heterocycles. The Hall–Kier alpha value is -4.19. The van der Waals surface area contributed by atoms with E-state index in [1.165, 1.54) is 17.0 Å². The molecule has 6 rings (SSSR count). The van der Waals surface area contributed by atoms with Crippen molar-refractivity contribution in [3.63, 3.8) is 0 Å². The second kappa shape index (κ2) is 7.74. The lowest BCUT2D eigenvalue weighted by Gasteiger charge is -2.35. The van der Waals surface area contributed by atoms with E-state index in [0.717, 1.165) is 23.2 Å². The maximum absolute atomic E-state index is 13.4. The van der Waals surface area contributed by atoms with Crippen molar-refractivity contribution >= 4 is 22.9 Å². The van der Waals surface area contributed by atoms with Crippen LogP contribution < -0.4 is 9.47 Å². The van der Waals surface area contributed by atoms with Crippen molar-refractivity contribution in [2.24, 2.45) is 0 Å². The van der Waals surface area contributed by atoms with Gasteiger partial charge in [-0.05, 0) is 47.9 Å². The Morgan fingerprint density at radius 1 is 1.03 bits per heavy atom. The van der Waals surface area contributed by atoms with Crippen LogP contribution in [0.25, 0.3) is 17.0 Å². The van der Waals surface area contributed by atoms with Gasteiger partial charge in [0.15, 0.2) is 11.5 Å². The van der Waals surface area contributed by atoms with Crippen molar-refractivity contribution in [1.82, 2.24) is 9.88 Å². The van der Waals surface area contributed by atoms with Crippen LogP contribution in [0.5, 0.6) is 17.2 Å². The number of carbonyl (C=O) groups excluding carboxylic acids is 1. The third-order valence-electron chi connectivity index (χ3n) is 6.37. The van der Waals surface area contributed by atoms with Crippen LogP contribution in [0, 0.1) is 0 Å². The number of aromatic nitrogens is 1. The predicted molar refractivity (Wildman–Crippen MR) is 125 cm³/mol. The first-order valence-corrected chi connectivity index (χ1v) is 10.9. The van der Waals surface area contributed by atoms with Crippen LogP contribution in [-0.2, 0) is 11.2 Å². The zero-order chi connectivity index (χ0) is 22.4. The Labute approximate surface area is 190 Å². The molecule has 164 valence electrons. The first kappa shape index (κ1) is 19.5. The van der Waals surface area contributed by atoms with Crippen LogP contribution >= 0.6 is 0 Å². The smallest absolute Gasteiger partial charge is 0.247 e. The normalized spacial score (nSPS) is 17.0. The van der Waals surface area contributed by atoms with Crippen molar-refractivity contribution < 1.29 is 19.4 Å². The lowest BCUT2D eigenvalue weighted by atomic mass is 9.92. The van der Waals surface area contributed by atoms with Crippen molar-refractivity contribution in [1.29, 1.82) is 0 Å². The molecule has 33 heavy (non-hydrogen) atoms. The molecule has 1 amide bonds. The number of carbonyl (C=O) groups is 1. The van der Waals surface area contributed by atoms with Crippen LogP contribution in [0.1, 0.15) is 28.4 Å². The zero-order valence-corrected chi connectivity index (χ0v) is 17.8. The number of H-pyrrole nitrogens is 1. The highest BCUT2D eigenvalue weighted by Crippen LogP contribution is 2.42. The summed E-state index contributed by atoms with van der Waals surface area (Å²) in [5.41, 5.74) is 4.88. The van der Waals surface area contributed by atoms with Gasteiger partial charge in [0.05, 0.1) is 6.04 Å². The highest BCUT2D eigenvalue weighted by Gasteiger charge is 2.34. The molecule has 3 aromatic carbocycles. The second-order valence-corrected chi connectivity index (χ2v) is 8.25. The average Bonchev–Trinajstić information content (AvgIpc) is 3.46. The van der Waals surface area contributed by atoms with Crippen LogP contribution in [0.15, 0.2) is 72.8 Å². The summed E-state index contributed by atoms with van der Waals surface area (Å²) in [5, 5.41) is 11.2. The second-order valence-electron chi connectivity index (χ2n) is 8.25. The van der Waals surface area contributed by atoms with Crippen LogP contribution in [0.3, 0.4) is 0 Å². The number of ether oxygens (including phenoxy) is 2. The van der Waals surface area contributed by atoms with Gasteiger partial charge in [0, 0.05) is 34.8 Å². The van der Waals surface area contributed by atoms with Gasteiger partial charge in [-0.15, -0.1) is 0 Å². The molecule has 2 N–H and O–H groups in total. The molecule has 6 nitrogen and oxygen atoms in total. The van der Waals surface area contributed by atoms with Crippen LogP contribution in [-0.4, -0.2) is 34.2 Å². The molecule has 6 heteroatoms. The standard InChI is InChI=1S/C27H22N2O4/c30-22-8-4-1-5-17(22)10-12-25(31)29-14-13-20-19-6-2-3-7-21(19)28-26(20)27(29)18-9-11-23-24(15-18)33-16-32-23/h1-12,15,27-28,30H,13-14,16H2. The molecule has 1 aromatic heterocycles. The van der Waals surface area contributed by atoms with Gasteiger partial charge in [0.1, 0.15) is 5.75 Å². The number of fused-ring (bicyclic) bond motifs is 4. The molecule has 4 aromatic rings. The Kier molecular flexibility index (Phi) is 4.57. The van der Waals surface area contributed by atoms with Crippen molar-refractivity contribution in [2.45, 2.75) is 12.5 Å². The van der Waals surface area contributed by atoms with Gasteiger partial charge in [-0.25, -0.2) is 0 Å². The van der Waals surface area contributed by atoms with E-state index in [0.29, 0.717) is 23.6 Å². The Morgan fingerprint density at radius 2 is 1.85 bits per heavy atom. The number of rotatable bonds is 3. The minimum Gasteiger partial charge on any atom is -0.507 e. The van der Waals surface area contributed by atoms with E-state index in [9.17, 15) is 9.90 Å². The van der Waals surface area contributed by atoms with E-state index in [1.807, 2.05) is 41.3 Å². The number of hydrogen-bond donors (Lipinski definition) is 2. The summed E-state index contributed by atoms with van der Waals surface area (Å²) in [4.78, 5) is 18.8. The topological polar surface area (TPSA) is 74.8 Å². The molecule has 0 saturated carbocycles. The van der Waals surface area contributed by atoms with Gasteiger partial charge < -0.3 is 24.5 Å². The highest BCUT2D eigenvalue weighted by molar-refractivity contribution is 5.94. The minimum absolute atomic E-state index is 0.120. The number of phenolic OH excluding ortho intramolecular Hbond substituents is 1. The largest absolute Gasteiger partial charge is 0.507 e. The number of phenols is 1. The van der Waals surface area contributed by atoms with E-state index in [1.54, 1.807) is 24.3 Å². The van der Waals surface area contributed by atoms with Gasteiger partial charge in [0.2, 0.25) is 12.7 Å². The third kappa shape index (κ3) is 3.31. The zero-order valence-electron chi connectivity index (χ0n) is 17.8. The summed E-state index contributed by atoms with van der Waals surface area (Å²) in [6.45, 7) is 0.783. The third-order valence-corrected chi connectivity index (χ3v) is 6.37. The molecule has 2 aliphatic heterocycles. The number of para-hydroxylation sites is 2. The number of aromatic hydroxyl groups is 1. The first-order valence-electron chi connectivity index (χ1n) is 10.9. The number of aromatic amines is 1. The summed E-state index contributed by atoms with van der Waals surface area (Å²) < 4.78 is 11.1. The molecule has 1 unspecified atom stereocenters. The summed E-state index contributed by atoms with van der Waals surface area (Å²) in [7, 11) is 0. The summed E-state index contributed by atoms with van der Waals surface area (Å²) in [6.07, 6.45) is 3.95. The Bertz CT molecular complexity index is 1400. The molecule has 0 fully saturated rings. The molecule has 1 atom stereocenters. The van der Waals surface area contributed by atoms with E-state index >= 15 is 0 Å². The van der Waals surface area contributed by atoms with E-state index < -0.39 is 0 Å². The fourth-order valence-corrected chi connectivity index (χ4v) is 4.79. The molecular formula is C27H22N2O4. The monoisotopic (exact) mass is 438 g/mol. The fourth-order valence-electron chi connectivity index (χ4n) is 4.79. The maximum Gasteiger partial charge on any atom is 0.247 e. The molecule has 0 radical (unpaired) electrons. The maximum atomic E-state index is 13.4. The Balaban J connectivity index is 1.43. The van der Waals surface area contributed by atoms with Crippen LogP contribution in [0.4, 0.5) is 0 Å². The summed E-state index contributed by atoms with van der Waals surface area (Å²) in [5.74, 6) is 1.42. The lowest BCUT2D eigenvalue weighted by molar-refractivity contribution is -0.128. The van der Waals surface area contributed by atoms with Gasteiger partial charge in [-0.3, -0.25) is 4.79 Å². The van der Waals surface area contributed by atoms with Gasteiger partial charge >= 0.3 is 0 Å². The van der Waals surface area contributed by atoms with Crippen molar-refractivity contribution in [3.05, 3.63) is 95.2 Å². The number of nitrogens with zero attached hydrogens (tertiary/aromatic N) is 1. The summed E-state index contributed by atoms with van der Waals surface area (Å²) in [6, 6.07) is 20.8. The molecule has 3 heterocycles. The molecule has 0 bridgehead atoms. The lowest BCUT2D eigenvalue weighted by Crippen LogP contribution is -2.39.